The van der Waals surface area contributed by atoms with E-state index in [2.05, 4.69) is 26.0 Å². The molecule has 6 atom stereocenters. The number of unbranched alkanes of at least 4 members (excludes halogenated alkanes) is 36. The number of ether oxygens (including phenoxy) is 4. The summed E-state index contributed by atoms with van der Waals surface area (Å²) in [4.78, 5) is 12.9. The molecule has 1 aliphatic rings. The summed E-state index contributed by atoms with van der Waals surface area (Å²) in [5.74, 6) is -0.307. The van der Waals surface area contributed by atoms with Crippen LogP contribution in [0.2, 0.25) is 0 Å². The summed E-state index contributed by atoms with van der Waals surface area (Å²) in [5, 5.41) is 40.3. The maximum Gasteiger partial charge on any atom is 0.306 e. The molecule has 380 valence electrons. The van der Waals surface area contributed by atoms with Gasteiger partial charge in [-0.15, -0.1) is 0 Å². The first-order valence-electron chi connectivity index (χ1n) is 27.8. The van der Waals surface area contributed by atoms with Crippen LogP contribution in [0.1, 0.15) is 271 Å². The summed E-state index contributed by atoms with van der Waals surface area (Å²) in [6.45, 7) is 4.62. The number of aliphatic hydroxyl groups is 4. The van der Waals surface area contributed by atoms with E-state index in [1.54, 1.807) is 0 Å². The van der Waals surface area contributed by atoms with Gasteiger partial charge < -0.3 is 39.4 Å². The molecule has 0 spiro atoms. The van der Waals surface area contributed by atoms with Crippen LogP contribution in [0.4, 0.5) is 0 Å². The van der Waals surface area contributed by atoms with Crippen LogP contribution >= 0.6 is 0 Å². The van der Waals surface area contributed by atoms with E-state index in [1.807, 2.05) is 0 Å². The molecule has 0 aromatic rings. The Bertz CT molecular complexity index is 993. The summed E-state index contributed by atoms with van der Waals surface area (Å²) >= 11 is 0. The largest absolute Gasteiger partial charge is 0.457 e. The van der Waals surface area contributed by atoms with Gasteiger partial charge in [0.05, 0.1) is 19.8 Å². The fourth-order valence-corrected chi connectivity index (χ4v) is 8.84. The highest BCUT2D eigenvalue weighted by atomic mass is 16.7. The Morgan fingerprint density at radius 2 is 0.859 bits per heavy atom. The topological polar surface area (TPSA) is 135 Å². The lowest BCUT2D eigenvalue weighted by atomic mass is 9.99. The lowest BCUT2D eigenvalue weighted by Crippen LogP contribution is -2.59. The third-order valence-corrected chi connectivity index (χ3v) is 13.2. The van der Waals surface area contributed by atoms with Gasteiger partial charge in [-0.05, 0) is 38.5 Å². The molecule has 0 bridgehead atoms. The summed E-state index contributed by atoms with van der Waals surface area (Å²) < 4.78 is 22.9. The Hall–Kier alpha value is -1.07. The van der Waals surface area contributed by atoms with Gasteiger partial charge in [0.1, 0.15) is 30.5 Å². The quantitative estimate of drug-likeness (QED) is 0.0267. The van der Waals surface area contributed by atoms with E-state index in [-0.39, 0.29) is 19.2 Å². The molecule has 1 saturated heterocycles. The number of carbonyl (C=O) groups is 1. The monoisotopic (exact) mass is 911 g/mol. The van der Waals surface area contributed by atoms with Gasteiger partial charge in [-0.3, -0.25) is 4.79 Å². The fourth-order valence-electron chi connectivity index (χ4n) is 8.84. The number of rotatable bonds is 49. The predicted octanol–water partition coefficient (Wildman–Crippen LogP) is 13.9. The van der Waals surface area contributed by atoms with Crippen molar-refractivity contribution in [3.63, 3.8) is 0 Å². The van der Waals surface area contributed by atoms with Crippen molar-refractivity contribution in [1.29, 1.82) is 0 Å². The molecule has 9 nitrogen and oxygen atoms in total. The highest BCUT2D eigenvalue weighted by molar-refractivity contribution is 5.69. The second kappa shape index (κ2) is 47.0. The molecule has 0 aromatic heterocycles. The van der Waals surface area contributed by atoms with Gasteiger partial charge in [0, 0.05) is 13.0 Å². The van der Waals surface area contributed by atoms with E-state index in [1.165, 1.54) is 218 Å². The fraction of sp³-hybridized carbons (Fsp3) is 0.945. The number of esters is 1. The normalized spacial score (nSPS) is 19.5. The van der Waals surface area contributed by atoms with Crippen LogP contribution in [0, 0.1) is 0 Å². The first-order valence-corrected chi connectivity index (χ1v) is 27.8. The van der Waals surface area contributed by atoms with Crippen molar-refractivity contribution in [2.75, 3.05) is 26.4 Å². The Balaban J connectivity index is 2.14. The molecule has 1 aliphatic heterocycles. The van der Waals surface area contributed by atoms with Crippen LogP contribution in [0.5, 0.6) is 0 Å². The maximum absolute atomic E-state index is 12.9. The molecule has 0 radical (unpaired) electrons. The number of carbonyl (C=O) groups excluding carboxylic acids is 1. The molecule has 0 aliphatic carbocycles. The Morgan fingerprint density at radius 3 is 1.27 bits per heavy atom. The predicted molar refractivity (Wildman–Crippen MR) is 266 cm³/mol. The third-order valence-electron chi connectivity index (χ3n) is 13.2. The van der Waals surface area contributed by atoms with Crippen molar-refractivity contribution in [2.24, 2.45) is 0 Å². The minimum Gasteiger partial charge on any atom is -0.457 e. The van der Waals surface area contributed by atoms with Gasteiger partial charge in [0.25, 0.3) is 0 Å². The van der Waals surface area contributed by atoms with Gasteiger partial charge >= 0.3 is 5.97 Å². The lowest BCUT2D eigenvalue weighted by Gasteiger charge is -2.39. The molecule has 64 heavy (non-hydrogen) atoms. The van der Waals surface area contributed by atoms with Crippen LogP contribution in [0.15, 0.2) is 12.2 Å². The summed E-state index contributed by atoms with van der Waals surface area (Å²) in [5.41, 5.74) is 0. The minimum absolute atomic E-state index is 0.107. The average molecular weight is 911 g/mol. The van der Waals surface area contributed by atoms with Crippen LogP contribution in [-0.4, -0.2) is 89.6 Å². The molecule has 9 heteroatoms. The standard InChI is InChI=1S/C55H106O9/c1-3-5-7-9-11-13-15-17-19-21-22-23-24-25-26-27-28-29-30-32-34-36-38-40-42-44-51(57)63-49(48-62-55-54(60)53(59)52(58)50(46-56)64-55)47-61-45-43-41-39-37-35-33-31-20-18-16-14-12-10-8-6-4-2/h21-22,49-50,52-56,58-60H,3-20,23-48H2,1-2H3/b22-21-. The van der Waals surface area contributed by atoms with Crippen LogP contribution in [0.25, 0.3) is 0 Å². The van der Waals surface area contributed by atoms with Crippen molar-refractivity contribution in [3.05, 3.63) is 12.2 Å². The van der Waals surface area contributed by atoms with Crippen molar-refractivity contribution >= 4 is 5.97 Å². The van der Waals surface area contributed by atoms with Crippen LogP contribution < -0.4 is 0 Å². The zero-order chi connectivity index (χ0) is 46.4. The molecule has 0 amide bonds. The molecule has 4 N–H and O–H groups in total. The third kappa shape index (κ3) is 37.0. The zero-order valence-corrected chi connectivity index (χ0v) is 42.1. The molecule has 1 heterocycles. The van der Waals surface area contributed by atoms with Gasteiger partial charge in [0.15, 0.2) is 6.29 Å². The molecular weight excluding hydrogens is 805 g/mol. The van der Waals surface area contributed by atoms with E-state index < -0.39 is 43.4 Å². The highest BCUT2D eigenvalue weighted by Gasteiger charge is 2.44. The Labute approximate surface area is 395 Å². The summed E-state index contributed by atoms with van der Waals surface area (Å²) in [6, 6.07) is 0. The number of hydrogen-bond acceptors (Lipinski definition) is 9. The Morgan fingerprint density at radius 1 is 0.484 bits per heavy atom. The van der Waals surface area contributed by atoms with E-state index in [0.29, 0.717) is 13.0 Å². The van der Waals surface area contributed by atoms with Crippen molar-refractivity contribution in [2.45, 2.75) is 307 Å². The van der Waals surface area contributed by atoms with Gasteiger partial charge in [-0.1, -0.05) is 238 Å². The molecule has 1 fully saturated rings. The summed E-state index contributed by atoms with van der Waals surface area (Å²) in [7, 11) is 0. The Kier molecular flexibility index (Phi) is 44.8. The highest BCUT2D eigenvalue weighted by Crippen LogP contribution is 2.23. The SMILES string of the molecule is CCCCCCCCCC/C=C\CCCCCCCCCCCCCCCC(=O)OC(COCCCCCCCCCCCCCCCCCC)COC1OC(CO)C(O)C(O)C1O. The second-order valence-corrected chi connectivity index (χ2v) is 19.4. The molecule has 1 rings (SSSR count). The molecule has 6 unspecified atom stereocenters. The number of aliphatic hydroxyl groups excluding tert-OH is 4. The van der Waals surface area contributed by atoms with Gasteiger partial charge in [-0.2, -0.15) is 0 Å². The number of allylic oxidation sites excluding steroid dienone is 2. The molecular formula is C55H106O9. The van der Waals surface area contributed by atoms with Crippen LogP contribution in [0.3, 0.4) is 0 Å². The van der Waals surface area contributed by atoms with E-state index in [0.717, 1.165) is 32.1 Å². The minimum atomic E-state index is -1.53. The molecule has 0 aromatic carbocycles. The van der Waals surface area contributed by atoms with Crippen molar-refractivity contribution in [3.8, 4) is 0 Å². The smallest absolute Gasteiger partial charge is 0.306 e. The van der Waals surface area contributed by atoms with E-state index >= 15 is 0 Å². The average Bonchev–Trinajstić information content (AvgIpc) is 3.30. The van der Waals surface area contributed by atoms with E-state index in [4.69, 9.17) is 18.9 Å². The van der Waals surface area contributed by atoms with Crippen LogP contribution in [-0.2, 0) is 23.7 Å². The van der Waals surface area contributed by atoms with E-state index in [9.17, 15) is 25.2 Å². The first-order chi connectivity index (χ1) is 31.4. The first kappa shape index (κ1) is 60.9. The van der Waals surface area contributed by atoms with Crippen molar-refractivity contribution in [1.82, 2.24) is 0 Å². The lowest BCUT2D eigenvalue weighted by molar-refractivity contribution is -0.305. The van der Waals surface area contributed by atoms with Gasteiger partial charge in [-0.25, -0.2) is 0 Å². The zero-order valence-electron chi connectivity index (χ0n) is 42.1. The van der Waals surface area contributed by atoms with Gasteiger partial charge in [0.2, 0.25) is 0 Å². The number of hydrogen-bond donors (Lipinski definition) is 4. The van der Waals surface area contributed by atoms with Crippen molar-refractivity contribution < 1.29 is 44.2 Å². The maximum atomic E-state index is 12.9. The summed E-state index contributed by atoms with van der Waals surface area (Å²) in [6.07, 6.45) is 48.3. The second-order valence-electron chi connectivity index (χ2n) is 19.4. The molecule has 0 saturated carbocycles.